The number of primary amides is 3. The second-order valence-electron chi connectivity index (χ2n) is 27.1. The molecule has 0 aliphatic carbocycles. The lowest BCUT2D eigenvalue weighted by molar-refractivity contribution is -0.375. The Bertz CT molecular complexity index is 3000. The number of aliphatic hydroxyl groups excluding tert-OH is 9. The summed E-state index contributed by atoms with van der Waals surface area (Å²) >= 11 is 0. The minimum Gasteiger partial charge on any atom is -0.479 e. The summed E-state index contributed by atoms with van der Waals surface area (Å²) < 4.78 is 88.3. The summed E-state index contributed by atoms with van der Waals surface area (Å²) in [5.74, 6) is -6.41. The van der Waals surface area contributed by atoms with Crippen molar-refractivity contribution in [3.05, 3.63) is 59.3 Å². The van der Waals surface area contributed by atoms with Crippen LogP contribution in [0.25, 0.3) is 0 Å². The normalized spacial score (nSPS) is 36.4. The molecule has 582 valence electrons. The predicted molar refractivity (Wildman–Crippen MR) is 349 cm³/mol. The van der Waals surface area contributed by atoms with Crippen LogP contribution < -0.4 is 27.8 Å². The van der Waals surface area contributed by atoms with Crippen molar-refractivity contribution in [1.82, 2.24) is 10.6 Å². The molecule has 5 fully saturated rings. The van der Waals surface area contributed by atoms with E-state index in [2.05, 4.69) is 64.0 Å². The zero-order valence-electron chi connectivity index (χ0n) is 58.5. The molecule has 0 aromatic carbocycles. The predicted octanol–water partition coefficient (Wildman–Crippen LogP) is -2.79. The number of hydrogen-bond acceptors (Lipinski definition) is 30. The van der Waals surface area contributed by atoms with Crippen molar-refractivity contribution in [2.24, 2.45) is 22.6 Å². The smallest absolute Gasteiger partial charge is 0.474 e. The van der Waals surface area contributed by atoms with E-state index < -0.39 is 222 Å². The number of allylic oxidation sites excluding steroid dienone is 8. The molecule has 0 bridgehead atoms. The van der Waals surface area contributed by atoms with E-state index in [4.69, 9.17) is 78.4 Å². The Labute approximate surface area is 589 Å². The van der Waals surface area contributed by atoms with Gasteiger partial charge in [0.05, 0.1) is 32.5 Å². The summed E-state index contributed by atoms with van der Waals surface area (Å²) in [5, 5.41) is 125. The maximum absolute atomic E-state index is 14.1. The first kappa shape index (κ1) is 87.3. The van der Waals surface area contributed by atoms with E-state index in [0.29, 0.717) is 6.42 Å². The zero-order valence-corrected chi connectivity index (χ0v) is 59.4. The molecule has 0 spiro atoms. The van der Waals surface area contributed by atoms with Crippen molar-refractivity contribution >= 4 is 43.5 Å². The highest BCUT2D eigenvalue weighted by molar-refractivity contribution is 7.47. The summed E-state index contributed by atoms with van der Waals surface area (Å²) in [6.45, 7) is 17.0. The van der Waals surface area contributed by atoms with E-state index in [-0.39, 0.29) is 12.0 Å². The molecule has 0 aromatic heterocycles. The molecule has 5 aliphatic heterocycles. The van der Waals surface area contributed by atoms with Crippen LogP contribution in [0, 0.1) is 5.41 Å². The van der Waals surface area contributed by atoms with Crippen molar-refractivity contribution < 1.29 is 156 Å². The number of carbonyl (C=O) groups is 6. The topological polar surface area (TPSA) is 584 Å². The first-order chi connectivity index (χ1) is 47.5. The number of phosphoric ester groups is 1. The number of carboxylic acids is 1. The van der Waals surface area contributed by atoms with Gasteiger partial charge in [-0.1, -0.05) is 73.1 Å². The molecule has 5 rings (SSSR count). The standard InChI is InChI=1S/C64H104N5O32P/c1-28(2)15-14-17-29(3)18-19-31(5)20-23-63(9,10)22-13-12-16-30(4)21-24-89-37(56(83)84)27-91-102(87,88)101-61-51(52(100-62(67)85)64(11,86)53(99-61)55(66)82)98-58-39(69-34(8)72)42(75)49(36(94-58)26-90-59-46(79)43(76)40(73)35(25-70)93-59)96-57-38(68-33(7)71)41(74)48(32(6)92-57)95-60-47(80)44(77)45(78)50(97-60)54(65)81/h12-13,15,18,21,32,35-53,57-61,70,73-80,86H,5,14,16-17,19-20,22-27H2,1-4,6-11H3,(H2,65,81)(H2,66,82)(H2,67,85)(H,68,71)(H,69,72)(H,83,84)(H,87,88)/b13-12+,29-18+,30-21-/t32-,35-,36-,37-,38-,39-,40-,41-,42-,43+,44+,45+,46-,47-,48-,49-,50+,51-,52-,53-,57+,58+,59-,60-,61-,64+/m1/s1. The molecular formula is C64H104N5O32P. The minimum atomic E-state index is -5.83. The fourth-order valence-electron chi connectivity index (χ4n) is 11.7. The molecule has 0 saturated carbocycles. The van der Waals surface area contributed by atoms with Crippen LogP contribution in [0.15, 0.2) is 59.3 Å². The van der Waals surface area contributed by atoms with Crippen LogP contribution in [0.3, 0.4) is 0 Å². The SMILES string of the molecule is C=C(C/C=C(\C)CCC=C(C)C)CCC(C)(C)C/C=C/C/C(C)=C\CO[C@H](COP(=O)(O)O[C@H]1O[C@H](C(N)=O)[C@@](C)(O)[C@H](OC(N)=O)[C@H]1O[C@@H]1O[C@H](CO[C@@H]2O[C@H](CO)[C@@H](O)[C@H](O)[C@H]2O)[C@@H](O[C@@H]2O[C@H](C)[C@@H](O[C@@H]3O[C@H](C(N)=O)[C@@H](O)[C@H](O)[C@H]3O)[C@H](O)[C@H]2NC(C)=O)[C@H](O)[C@H]1NC(C)=O)C(=O)O. The summed E-state index contributed by atoms with van der Waals surface area (Å²) in [4.78, 5) is 87.8. The Kier molecular flexibility index (Phi) is 33.2. The van der Waals surface area contributed by atoms with E-state index >= 15 is 0 Å². The van der Waals surface area contributed by atoms with Crippen LogP contribution in [0.4, 0.5) is 4.79 Å². The second kappa shape index (κ2) is 38.8. The molecule has 1 unspecified atom stereocenters. The lowest BCUT2D eigenvalue weighted by Crippen LogP contribution is -2.72. The molecule has 102 heavy (non-hydrogen) atoms. The number of aliphatic hydroxyl groups is 10. The van der Waals surface area contributed by atoms with Crippen LogP contribution in [0.1, 0.15) is 114 Å². The number of aliphatic carboxylic acids is 1. The van der Waals surface area contributed by atoms with Gasteiger partial charge in [0.15, 0.2) is 62.0 Å². The van der Waals surface area contributed by atoms with Crippen LogP contribution in [-0.4, -0.2) is 282 Å². The van der Waals surface area contributed by atoms with Crippen molar-refractivity contribution in [3.8, 4) is 0 Å². The minimum absolute atomic E-state index is 0.0441. The number of rotatable bonds is 36. The second-order valence-corrected chi connectivity index (χ2v) is 28.5. The van der Waals surface area contributed by atoms with Crippen molar-refractivity contribution in [2.45, 2.75) is 273 Å². The van der Waals surface area contributed by atoms with Gasteiger partial charge in [-0.15, -0.1) is 0 Å². The Hall–Kier alpha value is -5.37. The molecule has 5 amide bonds. The van der Waals surface area contributed by atoms with Gasteiger partial charge in [-0.3, -0.25) is 28.2 Å². The molecule has 5 saturated heterocycles. The third-order valence-corrected chi connectivity index (χ3v) is 18.5. The van der Waals surface area contributed by atoms with Gasteiger partial charge in [0, 0.05) is 13.8 Å². The zero-order chi connectivity index (χ0) is 76.6. The molecule has 20 N–H and O–H groups in total. The van der Waals surface area contributed by atoms with Crippen LogP contribution in [0.2, 0.25) is 0 Å². The molecule has 5 heterocycles. The van der Waals surface area contributed by atoms with Crippen LogP contribution >= 0.6 is 7.82 Å². The largest absolute Gasteiger partial charge is 0.479 e. The van der Waals surface area contributed by atoms with Gasteiger partial charge in [-0.05, 0) is 91.9 Å². The molecule has 37 nitrogen and oxygen atoms in total. The highest BCUT2D eigenvalue weighted by atomic mass is 31.2. The number of carboxylic acid groups (broad SMARTS) is 1. The third kappa shape index (κ3) is 24.6. The van der Waals surface area contributed by atoms with Gasteiger partial charge < -0.3 is 141 Å². The Morgan fingerprint density at radius 1 is 0.667 bits per heavy atom. The summed E-state index contributed by atoms with van der Waals surface area (Å²) in [5.41, 5.74) is 18.0. The lowest BCUT2D eigenvalue weighted by atomic mass is 9.82. The number of amides is 5. The lowest BCUT2D eigenvalue weighted by Gasteiger charge is -2.52. The van der Waals surface area contributed by atoms with Crippen molar-refractivity contribution in [2.75, 3.05) is 26.4 Å². The Morgan fingerprint density at radius 3 is 1.82 bits per heavy atom. The van der Waals surface area contributed by atoms with E-state index in [9.17, 15) is 94.4 Å². The molecule has 0 radical (unpaired) electrons. The van der Waals surface area contributed by atoms with Crippen LogP contribution in [-0.2, 0) is 89.7 Å². The summed E-state index contributed by atoms with van der Waals surface area (Å²) in [6, 6.07) is -3.90. The molecule has 5 aliphatic rings. The average molecular weight is 1490 g/mol. The molecule has 27 atom stereocenters. The maximum atomic E-state index is 14.1. The van der Waals surface area contributed by atoms with Crippen LogP contribution in [0.5, 0.6) is 0 Å². The van der Waals surface area contributed by atoms with E-state index in [1.807, 2.05) is 12.2 Å². The van der Waals surface area contributed by atoms with Gasteiger partial charge >= 0.3 is 19.9 Å². The first-order valence-corrected chi connectivity index (χ1v) is 34.5. The quantitative estimate of drug-likeness (QED) is 0.0223. The fourth-order valence-corrected chi connectivity index (χ4v) is 12.5. The van der Waals surface area contributed by atoms with Crippen molar-refractivity contribution in [1.29, 1.82) is 0 Å². The number of hydrogen-bond donors (Lipinski definition) is 17. The van der Waals surface area contributed by atoms with E-state index in [1.165, 1.54) is 18.1 Å². The molecular weight excluding hydrogens is 1380 g/mol. The van der Waals surface area contributed by atoms with Gasteiger partial charge in [0.1, 0.15) is 90.9 Å². The fraction of sp³-hybridized carbons (Fsp3) is 0.750. The van der Waals surface area contributed by atoms with Crippen molar-refractivity contribution in [3.63, 3.8) is 0 Å². The highest BCUT2D eigenvalue weighted by Crippen LogP contribution is 2.49. The summed E-state index contributed by atoms with van der Waals surface area (Å²) in [6.07, 6.45) is -33.8. The van der Waals surface area contributed by atoms with E-state index in [0.717, 1.165) is 70.4 Å². The molecule has 38 heteroatoms. The highest BCUT2D eigenvalue weighted by Gasteiger charge is 2.62. The monoisotopic (exact) mass is 1490 g/mol. The summed E-state index contributed by atoms with van der Waals surface area (Å²) in [7, 11) is -5.83. The molecule has 0 aromatic rings. The van der Waals surface area contributed by atoms with Gasteiger partial charge in [-0.25, -0.2) is 14.2 Å². The third-order valence-electron chi connectivity index (χ3n) is 17.6. The first-order valence-electron chi connectivity index (χ1n) is 33.0. The number of nitrogens with two attached hydrogens (primary N) is 3. The van der Waals surface area contributed by atoms with Gasteiger partial charge in [-0.2, -0.15) is 0 Å². The van der Waals surface area contributed by atoms with Gasteiger partial charge in [0.2, 0.25) is 23.6 Å². The Balaban J connectivity index is 1.41. The average Bonchev–Trinajstić information content (AvgIpc) is 0.750. The number of carbonyl (C=O) groups excluding carboxylic acids is 5. The Morgan fingerprint density at radius 2 is 1.25 bits per heavy atom. The van der Waals surface area contributed by atoms with Gasteiger partial charge in [0.25, 0.3) is 0 Å². The maximum Gasteiger partial charge on any atom is 0.474 e. The number of nitrogens with one attached hydrogen (secondary N) is 2. The number of ether oxygens (including phenoxy) is 11. The number of phosphoric acid groups is 1. The van der Waals surface area contributed by atoms with E-state index in [1.54, 1.807) is 13.0 Å².